The standard InChI is InChI=1S/C13H21BrN4O/c1-9(2)18-13(11(14)7-16-18)12(19)8-17-5-3-10(15)4-6-17/h7,9-10H,3-6,8,15H2,1-2H3. The summed E-state index contributed by atoms with van der Waals surface area (Å²) in [6.07, 6.45) is 3.63. The zero-order chi connectivity index (χ0) is 14.0. The number of ketones is 1. The summed E-state index contributed by atoms with van der Waals surface area (Å²) in [4.78, 5) is 14.6. The molecule has 0 saturated carbocycles. The number of rotatable bonds is 4. The summed E-state index contributed by atoms with van der Waals surface area (Å²) in [7, 11) is 0. The summed E-state index contributed by atoms with van der Waals surface area (Å²) < 4.78 is 2.56. The van der Waals surface area contributed by atoms with Gasteiger partial charge in [-0.25, -0.2) is 0 Å². The Balaban J connectivity index is 2.06. The summed E-state index contributed by atoms with van der Waals surface area (Å²) in [6.45, 7) is 6.30. The van der Waals surface area contributed by atoms with E-state index >= 15 is 0 Å². The molecule has 0 atom stereocenters. The lowest BCUT2D eigenvalue weighted by Gasteiger charge is -2.29. The summed E-state index contributed by atoms with van der Waals surface area (Å²) in [6, 6.07) is 0.472. The third-order valence-corrected chi connectivity index (χ3v) is 4.08. The molecular formula is C13H21BrN4O. The highest BCUT2D eigenvalue weighted by Crippen LogP contribution is 2.21. The predicted octanol–water partition coefficient (Wildman–Crippen LogP) is 1.83. The predicted molar refractivity (Wildman–Crippen MR) is 78.3 cm³/mol. The van der Waals surface area contributed by atoms with Crippen LogP contribution in [-0.2, 0) is 0 Å². The molecule has 1 fully saturated rings. The van der Waals surface area contributed by atoms with E-state index in [1.54, 1.807) is 10.9 Å². The molecule has 1 aliphatic heterocycles. The van der Waals surface area contributed by atoms with E-state index in [0.717, 1.165) is 30.4 Å². The lowest BCUT2D eigenvalue weighted by atomic mass is 10.1. The van der Waals surface area contributed by atoms with E-state index in [9.17, 15) is 4.79 Å². The Hall–Kier alpha value is -0.720. The van der Waals surface area contributed by atoms with Crippen LogP contribution >= 0.6 is 15.9 Å². The van der Waals surface area contributed by atoms with Crippen molar-refractivity contribution in [1.29, 1.82) is 0 Å². The summed E-state index contributed by atoms with van der Waals surface area (Å²) in [5.74, 6) is 0.119. The number of piperidine rings is 1. The third-order valence-electron chi connectivity index (χ3n) is 3.50. The molecule has 106 valence electrons. The number of hydrogen-bond donors (Lipinski definition) is 1. The second-order valence-electron chi connectivity index (χ2n) is 5.42. The Morgan fingerprint density at radius 3 is 2.74 bits per heavy atom. The molecule has 0 spiro atoms. The van der Waals surface area contributed by atoms with Crippen LogP contribution in [0.25, 0.3) is 0 Å². The van der Waals surface area contributed by atoms with Gasteiger partial charge >= 0.3 is 0 Å². The number of nitrogens with two attached hydrogens (primary N) is 1. The van der Waals surface area contributed by atoms with Gasteiger partial charge in [0.2, 0.25) is 0 Å². The fraction of sp³-hybridized carbons (Fsp3) is 0.692. The van der Waals surface area contributed by atoms with Crippen LogP contribution in [0.4, 0.5) is 0 Å². The van der Waals surface area contributed by atoms with Crippen molar-refractivity contribution in [3.8, 4) is 0 Å². The number of likely N-dealkylation sites (tertiary alicyclic amines) is 1. The van der Waals surface area contributed by atoms with E-state index in [1.807, 2.05) is 13.8 Å². The average Bonchev–Trinajstić information content (AvgIpc) is 2.74. The largest absolute Gasteiger partial charge is 0.328 e. The maximum absolute atomic E-state index is 12.4. The Labute approximate surface area is 122 Å². The summed E-state index contributed by atoms with van der Waals surface area (Å²) in [5, 5.41) is 4.25. The number of carbonyl (C=O) groups is 1. The normalized spacial score (nSPS) is 18.2. The smallest absolute Gasteiger partial charge is 0.195 e. The average molecular weight is 329 g/mol. The summed E-state index contributed by atoms with van der Waals surface area (Å²) in [5.41, 5.74) is 6.55. The first-order valence-electron chi connectivity index (χ1n) is 6.73. The highest BCUT2D eigenvalue weighted by molar-refractivity contribution is 9.10. The summed E-state index contributed by atoms with van der Waals surface area (Å²) >= 11 is 3.42. The number of carbonyl (C=O) groups excluding carboxylic acids is 1. The van der Waals surface area contributed by atoms with Gasteiger partial charge in [0.1, 0.15) is 5.69 Å². The first kappa shape index (κ1) is 14.7. The molecular weight excluding hydrogens is 308 g/mol. The van der Waals surface area contributed by atoms with Crippen LogP contribution in [0.3, 0.4) is 0 Å². The van der Waals surface area contributed by atoms with E-state index in [2.05, 4.69) is 25.9 Å². The first-order chi connectivity index (χ1) is 8.99. The van der Waals surface area contributed by atoms with Crippen LogP contribution in [0.5, 0.6) is 0 Å². The molecule has 0 radical (unpaired) electrons. The Morgan fingerprint density at radius 2 is 2.16 bits per heavy atom. The van der Waals surface area contributed by atoms with Crippen LogP contribution in [0.15, 0.2) is 10.7 Å². The van der Waals surface area contributed by atoms with Gasteiger partial charge in [-0.3, -0.25) is 14.4 Å². The molecule has 6 heteroatoms. The van der Waals surface area contributed by atoms with Gasteiger partial charge in [0.15, 0.2) is 5.78 Å². The van der Waals surface area contributed by atoms with E-state index in [4.69, 9.17) is 5.73 Å². The fourth-order valence-electron chi connectivity index (χ4n) is 2.38. The van der Waals surface area contributed by atoms with Gasteiger partial charge in [0.05, 0.1) is 17.2 Å². The SMILES string of the molecule is CC(C)n1ncc(Br)c1C(=O)CN1CCC(N)CC1. The molecule has 19 heavy (non-hydrogen) atoms. The van der Waals surface area contributed by atoms with Crippen molar-refractivity contribution < 1.29 is 4.79 Å². The van der Waals surface area contributed by atoms with Crippen LogP contribution < -0.4 is 5.73 Å². The molecule has 2 rings (SSSR count). The van der Waals surface area contributed by atoms with Crippen LogP contribution in [0.2, 0.25) is 0 Å². The quantitative estimate of drug-likeness (QED) is 0.856. The van der Waals surface area contributed by atoms with Crippen LogP contribution in [0, 0.1) is 0 Å². The zero-order valence-corrected chi connectivity index (χ0v) is 13.1. The van der Waals surface area contributed by atoms with Gasteiger partial charge in [0.25, 0.3) is 0 Å². The number of aromatic nitrogens is 2. The molecule has 0 bridgehead atoms. The maximum Gasteiger partial charge on any atom is 0.195 e. The van der Waals surface area contributed by atoms with Crippen LogP contribution in [0.1, 0.15) is 43.2 Å². The van der Waals surface area contributed by atoms with Gasteiger partial charge in [-0.2, -0.15) is 5.10 Å². The van der Waals surface area contributed by atoms with Crippen LogP contribution in [-0.4, -0.2) is 46.1 Å². The molecule has 0 aliphatic carbocycles. The molecule has 1 aromatic heterocycles. The molecule has 1 aliphatic rings. The van der Waals surface area contributed by atoms with Gasteiger partial charge < -0.3 is 5.73 Å². The molecule has 0 amide bonds. The molecule has 1 aromatic rings. The van der Waals surface area contributed by atoms with E-state index in [0.29, 0.717) is 18.3 Å². The third kappa shape index (κ3) is 3.43. The van der Waals surface area contributed by atoms with E-state index in [-0.39, 0.29) is 11.8 Å². The van der Waals surface area contributed by atoms with Crippen molar-refractivity contribution in [3.63, 3.8) is 0 Å². The van der Waals surface area contributed by atoms with Crippen molar-refractivity contribution >= 4 is 21.7 Å². The second-order valence-corrected chi connectivity index (χ2v) is 6.27. The number of halogens is 1. The number of Topliss-reactive ketones (excluding diaryl/α,β-unsaturated/α-hetero) is 1. The topological polar surface area (TPSA) is 64.2 Å². The number of nitrogens with zero attached hydrogens (tertiary/aromatic N) is 3. The van der Waals surface area contributed by atoms with Gasteiger partial charge in [-0.1, -0.05) is 0 Å². The number of hydrogen-bond acceptors (Lipinski definition) is 4. The molecule has 0 unspecified atom stereocenters. The van der Waals surface area contributed by atoms with E-state index in [1.165, 1.54) is 0 Å². The van der Waals surface area contributed by atoms with Gasteiger partial charge in [-0.05, 0) is 42.6 Å². The first-order valence-corrected chi connectivity index (χ1v) is 7.52. The van der Waals surface area contributed by atoms with Crippen molar-refractivity contribution in [2.24, 2.45) is 5.73 Å². The minimum Gasteiger partial charge on any atom is -0.328 e. The molecule has 5 nitrogen and oxygen atoms in total. The highest BCUT2D eigenvalue weighted by Gasteiger charge is 2.23. The Kier molecular flexibility index (Phi) is 4.76. The van der Waals surface area contributed by atoms with Gasteiger partial charge in [-0.15, -0.1) is 0 Å². The maximum atomic E-state index is 12.4. The monoisotopic (exact) mass is 328 g/mol. The lowest BCUT2D eigenvalue weighted by molar-refractivity contribution is 0.0896. The van der Waals surface area contributed by atoms with Crippen molar-refractivity contribution in [2.45, 2.75) is 38.8 Å². The van der Waals surface area contributed by atoms with E-state index < -0.39 is 0 Å². The minimum atomic E-state index is 0.119. The molecule has 2 N–H and O–H groups in total. The van der Waals surface area contributed by atoms with Crippen molar-refractivity contribution in [3.05, 3.63) is 16.4 Å². The van der Waals surface area contributed by atoms with Crippen molar-refractivity contribution in [1.82, 2.24) is 14.7 Å². The Morgan fingerprint density at radius 1 is 1.53 bits per heavy atom. The lowest BCUT2D eigenvalue weighted by Crippen LogP contribution is -2.42. The van der Waals surface area contributed by atoms with Crippen molar-refractivity contribution in [2.75, 3.05) is 19.6 Å². The zero-order valence-electron chi connectivity index (χ0n) is 11.5. The molecule has 1 saturated heterocycles. The fourth-order valence-corrected chi connectivity index (χ4v) is 2.88. The second kappa shape index (κ2) is 6.15. The Bertz CT molecular complexity index is 449. The minimum absolute atomic E-state index is 0.119. The highest BCUT2D eigenvalue weighted by atomic mass is 79.9. The molecule has 2 heterocycles. The van der Waals surface area contributed by atoms with Gasteiger partial charge in [0, 0.05) is 25.2 Å². The molecule has 0 aromatic carbocycles.